The van der Waals surface area contributed by atoms with E-state index < -0.39 is 5.41 Å². The number of hydrogen-bond acceptors (Lipinski definition) is 1. The Balaban J connectivity index is 1.40. The molecule has 10 rings (SSSR count). The van der Waals surface area contributed by atoms with Gasteiger partial charge in [-0.3, -0.25) is 0 Å². The minimum atomic E-state index is -0.457. The highest BCUT2D eigenvalue weighted by Gasteiger charge is 2.52. The molecule has 1 nitrogen and oxygen atoms in total. The summed E-state index contributed by atoms with van der Waals surface area (Å²) in [6.07, 6.45) is 0. The van der Waals surface area contributed by atoms with Crippen LogP contribution >= 0.6 is 0 Å². The van der Waals surface area contributed by atoms with Gasteiger partial charge in [0, 0.05) is 16.8 Å². The van der Waals surface area contributed by atoms with Gasteiger partial charge < -0.3 is 4.90 Å². The molecule has 1 spiro atoms. The second-order valence-electron chi connectivity index (χ2n) is 13.9. The first kappa shape index (κ1) is 28.1. The molecule has 8 aromatic carbocycles. The highest BCUT2D eigenvalue weighted by Crippen LogP contribution is 2.65. The summed E-state index contributed by atoms with van der Waals surface area (Å²) in [7, 11) is 0. The van der Waals surface area contributed by atoms with Crippen LogP contribution in [0.25, 0.3) is 43.8 Å². The van der Waals surface area contributed by atoms with E-state index in [2.05, 4.69) is 183 Å². The summed E-state index contributed by atoms with van der Waals surface area (Å²) in [5.41, 5.74) is 17.6. The lowest BCUT2D eigenvalue weighted by molar-refractivity contribution is 0.795. The molecular weight excluding hydrogens is 591 g/mol. The van der Waals surface area contributed by atoms with Crippen molar-refractivity contribution in [1.29, 1.82) is 0 Å². The van der Waals surface area contributed by atoms with Gasteiger partial charge in [0.05, 0.1) is 11.1 Å². The second-order valence-corrected chi connectivity index (χ2v) is 13.9. The Bertz CT molecular complexity index is 2600. The molecule has 2 aliphatic carbocycles. The van der Waals surface area contributed by atoms with Gasteiger partial charge >= 0.3 is 0 Å². The van der Waals surface area contributed by atoms with Crippen LogP contribution in [0.1, 0.15) is 38.9 Å². The molecule has 0 saturated heterocycles. The second kappa shape index (κ2) is 10.3. The first-order valence-corrected chi connectivity index (χ1v) is 17.3. The third kappa shape index (κ3) is 3.82. The van der Waals surface area contributed by atoms with Crippen molar-refractivity contribution in [2.24, 2.45) is 0 Å². The van der Waals surface area contributed by atoms with Gasteiger partial charge in [-0.05, 0) is 129 Å². The number of aryl methyl sites for hydroxylation is 3. The van der Waals surface area contributed by atoms with Gasteiger partial charge in [0.15, 0.2) is 0 Å². The Hall–Kier alpha value is -5.92. The Morgan fingerprint density at radius 2 is 1.00 bits per heavy atom. The predicted molar refractivity (Wildman–Crippen MR) is 207 cm³/mol. The molecule has 0 unspecified atom stereocenters. The van der Waals surface area contributed by atoms with E-state index in [-0.39, 0.29) is 0 Å². The van der Waals surface area contributed by atoms with Gasteiger partial charge in [-0.2, -0.15) is 0 Å². The number of benzene rings is 8. The van der Waals surface area contributed by atoms with Crippen molar-refractivity contribution < 1.29 is 0 Å². The van der Waals surface area contributed by atoms with Crippen LogP contribution in [0.3, 0.4) is 0 Å². The summed E-state index contributed by atoms with van der Waals surface area (Å²) < 4.78 is 0. The van der Waals surface area contributed by atoms with Gasteiger partial charge in [-0.1, -0.05) is 127 Å². The first-order chi connectivity index (χ1) is 24.0. The van der Waals surface area contributed by atoms with Crippen LogP contribution in [0.4, 0.5) is 17.1 Å². The van der Waals surface area contributed by atoms with Crippen LogP contribution in [0, 0.1) is 20.8 Å². The molecule has 1 heteroatoms. The van der Waals surface area contributed by atoms with E-state index in [0.717, 1.165) is 5.69 Å². The average Bonchev–Trinajstić information content (AvgIpc) is 3.60. The van der Waals surface area contributed by atoms with E-state index in [4.69, 9.17) is 0 Å². The normalized spacial score (nSPS) is 13.4. The Morgan fingerprint density at radius 1 is 0.408 bits per heavy atom. The van der Waals surface area contributed by atoms with Crippen molar-refractivity contribution >= 4 is 38.6 Å². The van der Waals surface area contributed by atoms with Crippen LogP contribution in [-0.2, 0) is 5.41 Å². The Morgan fingerprint density at radius 3 is 1.71 bits per heavy atom. The number of nitrogens with zero attached hydrogens (tertiary/aromatic N) is 1. The maximum Gasteiger partial charge on any atom is 0.0726 e. The zero-order valence-corrected chi connectivity index (χ0v) is 28.0. The molecule has 0 heterocycles. The Kier molecular flexibility index (Phi) is 5.91. The summed E-state index contributed by atoms with van der Waals surface area (Å²) >= 11 is 0. The molecule has 2 aliphatic rings. The molecule has 0 N–H and O–H groups in total. The molecule has 232 valence electrons. The molecular formula is C48H35N. The van der Waals surface area contributed by atoms with Crippen molar-refractivity contribution in [3.05, 3.63) is 197 Å². The van der Waals surface area contributed by atoms with E-state index in [1.165, 1.54) is 94.1 Å². The minimum Gasteiger partial charge on any atom is -0.310 e. The molecule has 49 heavy (non-hydrogen) atoms. The van der Waals surface area contributed by atoms with Gasteiger partial charge in [-0.25, -0.2) is 0 Å². The maximum atomic E-state index is 2.54. The van der Waals surface area contributed by atoms with E-state index in [1.54, 1.807) is 0 Å². The number of hydrogen-bond donors (Lipinski definition) is 0. The third-order valence-corrected chi connectivity index (χ3v) is 11.1. The predicted octanol–water partition coefficient (Wildman–Crippen LogP) is 12.7. The monoisotopic (exact) mass is 625 g/mol. The van der Waals surface area contributed by atoms with Gasteiger partial charge in [0.1, 0.15) is 0 Å². The fraction of sp³-hybridized carbons (Fsp3) is 0.0833. The number of rotatable bonds is 3. The van der Waals surface area contributed by atoms with Crippen LogP contribution in [0.5, 0.6) is 0 Å². The molecule has 0 amide bonds. The van der Waals surface area contributed by atoms with Gasteiger partial charge in [0.25, 0.3) is 0 Å². The van der Waals surface area contributed by atoms with Crippen molar-refractivity contribution in [3.8, 4) is 22.3 Å². The summed E-state index contributed by atoms with van der Waals surface area (Å²) in [6.45, 7) is 6.59. The van der Waals surface area contributed by atoms with Crippen molar-refractivity contribution in [2.75, 3.05) is 4.90 Å². The molecule has 0 saturated carbocycles. The lowest BCUT2D eigenvalue weighted by Gasteiger charge is -2.33. The Labute approximate surface area is 287 Å². The fourth-order valence-corrected chi connectivity index (χ4v) is 8.91. The minimum absolute atomic E-state index is 0.457. The zero-order valence-electron chi connectivity index (χ0n) is 28.0. The molecule has 0 aliphatic heterocycles. The van der Waals surface area contributed by atoms with Crippen molar-refractivity contribution in [3.63, 3.8) is 0 Å². The summed E-state index contributed by atoms with van der Waals surface area (Å²) in [6, 6.07) is 59.4. The van der Waals surface area contributed by atoms with Crippen LogP contribution in [-0.4, -0.2) is 0 Å². The van der Waals surface area contributed by atoms with Crippen molar-refractivity contribution in [2.45, 2.75) is 26.2 Å². The van der Waals surface area contributed by atoms with E-state index in [1.807, 2.05) is 0 Å². The highest BCUT2D eigenvalue weighted by atomic mass is 15.1. The summed E-state index contributed by atoms with van der Waals surface area (Å²) in [5, 5.41) is 5.08. The van der Waals surface area contributed by atoms with Crippen LogP contribution < -0.4 is 4.90 Å². The lowest BCUT2D eigenvalue weighted by Crippen LogP contribution is -2.26. The van der Waals surface area contributed by atoms with Crippen LogP contribution in [0.15, 0.2) is 158 Å². The zero-order chi connectivity index (χ0) is 32.9. The fourth-order valence-electron chi connectivity index (χ4n) is 8.91. The largest absolute Gasteiger partial charge is 0.310 e. The molecule has 0 bridgehead atoms. The number of fused-ring (bicyclic) bond motifs is 13. The molecule has 0 aromatic heterocycles. The molecule has 0 radical (unpaired) electrons. The highest BCUT2D eigenvalue weighted by molar-refractivity contribution is 6.13. The van der Waals surface area contributed by atoms with Crippen molar-refractivity contribution in [1.82, 2.24) is 0 Å². The summed E-state index contributed by atoms with van der Waals surface area (Å²) in [5.74, 6) is 0. The molecule has 0 fully saturated rings. The van der Waals surface area contributed by atoms with E-state index in [0.29, 0.717) is 0 Å². The average molecular weight is 626 g/mol. The number of anilines is 3. The van der Waals surface area contributed by atoms with Gasteiger partial charge in [0.2, 0.25) is 0 Å². The van der Waals surface area contributed by atoms with E-state index >= 15 is 0 Å². The third-order valence-electron chi connectivity index (χ3n) is 11.1. The van der Waals surface area contributed by atoms with Gasteiger partial charge in [-0.15, -0.1) is 0 Å². The molecule has 8 aromatic rings. The quantitative estimate of drug-likeness (QED) is 0.189. The van der Waals surface area contributed by atoms with Crippen LogP contribution in [0.2, 0.25) is 0 Å². The van der Waals surface area contributed by atoms with E-state index in [9.17, 15) is 0 Å². The summed E-state index contributed by atoms with van der Waals surface area (Å²) in [4.78, 5) is 2.50. The SMILES string of the molecule is Cc1ccc(N(c2cc(C)ccc2C)c2cc3c(c4ccccc24)-c2cc4ccccc4cc2C32c3ccccc3-c3ccccc32)cc1. The smallest absolute Gasteiger partial charge is 0.0726 e. The maximum absolute atomic E-state index is 2.54. The topological polar surface area (TPSA) is 3.24 Å². The molecule has 0 atom stereocenters. The first-order valence-electron chi connectivity index (χ1n) is 17.3. The lowest BCUT2D eigenvalue weighted by atomic mass is 9.70. The standard InChI is InChI=1S/C48H35N/c1-30-21-24-35(25-22-30)49(45-26-31(2)20-23-32(45)3)46-29-44-47(39-17-7-6-16-38(39)46)40-27-33-12-4-5-13-34(33)28-43(40)48(44)41-18-10-8-14-36(41)37-15-9-11-19-42(37)48/h4-29H,1-3H3.